The maximum Gasteiger partial charge on any atom is 0.241 e. The van der Waals surface area contributed by atoms with Gasteiger partial charge in [-0.1, -0.05) is 36.4 Å². The molecule has 3 atom stereocenters. The SMILES string of the molecule is CO[C@@H]1COC[C@@H](CNS(=O)(=O)c2cccc3ccccc23)[C@@H]1O. The number of ether oxygens (including phenoxy) is 2. The molecule has 1 aliphatic rings. The molecule has 0 radical (unpaired) electrons. The van der Waals surface area contributed by atoms with Crippen molar-refractivity contribution in [3.05, 3.63) is 42.5 Å². The maximum absolute atomic E-state index is 12.7. The van der Waals surface area contributed by atoms with Crippen LogP contribution in [0.15, 0.2) is 47.4 Å². The normalized spacial score (nSPS) is 25.0. The Morgan fingerprint density at radius 1 is 1.21 bits per heavy atom. The Morgan fingerprint density at radius 3 is 2.75 bits per heavy atom. The second kappa shape index (κ2) is 7.16. The molecule has 0 spiro atoms. The van der Waals surface area contributed by atoms with Gasteiger partial charge in [-0.15, -0.1) is 0 Å². The van der Waals surface area contributed by atoms with Crippen LogP contribution < -0.4 is 4.72 Å². The average molecular weight is 351 g/mol. The number of rotatable bonds is 5. The van der Waals surface area contributed by atoms with Crippen LogP contribution in [-0.2, 0) is 19.5 Å². The third kappa shape index (κ3) is 3.45. The van der Waals surface area contributed by atoms with Gasteiger partial charge in [-0.25, -0.2) is 13.1 Å². The maximum atomic E-state index is 12.7. The Kier molecular flexibility index (Phi) is 5.17. The van der Waals surface area contributed by atoms with Gasteiger partial charge in [0.05, 0.1) is 24.2 Å². The number of hydrogen-bond acceptors (Lipinski definition) is 5. The van der Waals surface area contributed by atoms with E-state index in [9.17, 15) is 13.5 Å². The monoisotopic (exact) mass is 351 g/mol. The molecule has 0 saturated carbocycles. The van der Waals surface area contributed by atoms with Gasteiger partial charge in [-0.3, -0.25) is 0 Å². The predicted molar refractivity (Wildman–Crippen MR) is 90.2 cm³/mol. The van der Waals surface area contributed by atoms with Gasteiger partial charge < -0.3 is 14.6 Å². The van der Waals surface area contributed by atoms with Crippen molar-refractivity contribution in [1.29, 1.82) is 0 Å². The first-order valence-corrected chi connectivity index (χ1v) is 9.27. The summed E-state index contributed by atoms with van der Waals surface area (Å²) in [6.45, 7) is 0.690. The van der Waals surface area contributed by atoms with E-state index in [0.29, 0.717) is 18.6 Å². The lowest BCUT2D eigenvalue weighted by molar-refractivity contribution is -0.132. The quantitative estimate of drug-likeness (QED) is 0.844. The standard InChI is InChI=1S/C17H21NO5S/c1-22-15-11-23-10-13(17(15)19)9-18-24(20,21)16-8-4-6-12-5-2-3-7-14(12)16/h2-8,13,15,17-19H,9-11H2,1H3/t13-,15-,17+/m1/s1. The Balaban J connectivity index is 1.79. The zero-order valence-corrected chi connectivity index (χ0v) is 14.2. The Bertz CT molecular complexity index is 802. The zero-order chi connectivity index (χ0) is 17.2. The highest BCUT2D eigenvalue weighted by molar-refractivity contribution is 7.89. The fourth-order valence-corrected chi connectivity index (χ4v) is 4.27. The van der Waals surface area contributed by atoms with Gasteiger partial charge in [0.1, 0.15) is 6.10 Å². The van der Waals surface area contributed by atoms with Crippen LogP contribution in [0.1, 0.15) is 0 Å². The predicted octanol–water partition coefficient (Wildman–Crippen LogP) is 1.14. The molecule has 7 heteroatoms. The van der Waals surface area contributed by atoms with Crippen molar-refractivity contribution in [2.24, 2.45) is 5.92 Å². The lowest BCUT2D eigenvalue weighted by Crippen LogP contribution is -2.49. The number of fused-ring (bicyclic) bond motifs is 1. The van der Waals surface area contributed by atoms with Crippen LogP contribution in [-0.4, -0.2) is 52.6 Å². The second-order valence-corrected chi connectivity index (χ2v) is 7.63. The minimum Gasteiger partial charge on any atom is -0.390 e. The molecule has 1 fully saturated rings. The largest absolute Gasteiger partial charge is 0.390 e. The molecule has 3 rings (SSSR count). The summed E-state index contributed by atoms with van der Waals surface area (Å²) < 4.78 is 38.5. The number of nitrogens with one attached hydrogen (secondary N) is 1. The minimum absolute atomic E-state index is 0.0899. The third-order valence-electron chi connectivity index (χ3n) is 4.36. The number of methoxy groups -OCH3 is 1. The van der Waals surface area contributed by atoms with Crippen molar-refractivity contribution < 1.29 is 23.0 Å². The Morgan fingerprint density at radius 2 is 1.96 bits per heavy atom. The minimum atomic E-state index is -3.69. The first-order valence-electron chi connectivity index (χ1n) is 7.79. The number of hydrogen-bond donors (Lipinski definition) is 2. The third-order valence-corrected chi connectivity index (χ3v) is 5.84. The van der Waals surface area contributed by atoms with Gasteiger partial charge in [0.2, 0.25) is 10.0 Å². The molecule has 0 aliphatic carbocycles. The molecule has 2 aromatic rings. The number of sulfonamides is 1. The topological polar surface area (TPSA) is 84.9 Å². The Labute approximate surface area is 141 Å². The van der Waals surface area contributed by atoms with Gasteiger partial charge >= 0.3 is 0 Å². The van der Waals surface area contributed by atoms with Gasteiger partial charge in [0.15, 0.2) is 0 Å². The fraction of sp³-hybridized carbons (Fsp3) is 0.412. The van der Waals surface area contributed by atoms with Crippen molar-refractivity contribution in [3.8, 4) is 0 Å². The summed E-state index contributed by atoms with van der Waals surface area (Å²) in [5.74, 6) is -0.353. The van der Waals surface area contributed by atoms with Gasteiger partial charge in [0, 0.05) is 25.0 Å². The van der Waals surface area contributed by atoms with Crippen LogP contribution in [0.4, 0.5) is 0 Å². The van der Waals surface area contributed by atoms with Crippen LogP contribution in [0.25, 0.3) is 10.8 Å². The van der Waals surface area contributed by atoms with E-state index in [2.05, 4.69) is 4.72 Å². The van der Waals surface area contributed by atoms with Crippen LogP contribution in [0, 0.1) is 5.92 Å². The number of aliphatic hydroxyl groups is 1. The first kappa shape index (κ1) is 17.3. The summed E-state index contributed by atoms with van der Waals surface area (Å²) in [4.78, 5) is 0.232. The molecule has 0 amide bonds. The van der Waals surface area contributed by atoms with Gasteiger partial charge in [-0.2, -0.15) is 0 Å². The van der Waals surface area contributed by atoms with Crippen LogP contribution in [0.3, 0.4) is 0 Å². The molecule has 130 valence electrons. The number of benzene rings is 2. The van der Waals surface area contributed by atoms with Gasteiger partial charge in [0.25, 0.3) is 0 Å². The van der Waals surface area contributed by atoms with Crippen LogP contribution in [0.5, 0.6) is 0 Å². The summed E-state index contributed by atoms with van der Waals surface area (Å²) in [6, 6.07) is 12.5. The molecule has 1 aliphatic heterocycles. The molecule has 0 unspecified atom stereocenters. The number of aliphatic hydroxyl groups excluding tert-OH is 1. The van der Waals surface area contributed by atoms with Crippen molar-refractivity contribution in [2.45, 2.75) is 17.1 Å². The van der Waals surface area contributed by atoms with Crippen molar-refractivity contribution in [2.75, 3.05) is 26.9 Å². The first-order chi connectivity index (χ1) is 11.5. The molecule has 24 heavy (non-hydrogen) atoms. The molecule has 2 aromatic carbocycles. The molecular weight excluding hydrogens is 330 g/mol. The molecule has 6 nitrogen and oxygen atoms in total. The smallest absolute Gasteiger partial charge is 0.241 e. The highest BCUT2D eigenvalue weighted by Crippen LogP contribution is 2.23. The zero-order valence-electron chi connectivity index (χ0n) is 13.4. The van der Waals surface area contributed by atoms with Gasteiger partial charge in [-0.05, 0) is 11.5 Å². The summed E-state index contributed by atoms with van der Waals surface area (Å²) in [6.07, 6.45) is -1.20. The van der Waals surface area contributed by atoms with E-state index >= 15 is 0 Å². The summed E-state index contributed by atoms with van der Waals surface area (Å²) in [7, 11) is -2.19. The molecule has 1 saturated heterocycles. The van der Waals surface area contributed by atoms with E-state index < -0.39 is 22.2 Å². The van der Waals surface area contributed by atoms with Crippen molar-refractivity contribution in [1.82, 2.24) is 4.72 Å². The molecule has 2 N–H and O–H groups in total. The fourth-order valence-electron chi connectivity index (χ4n) is 2.95. The van der Waals surface area contributed by atoms with Crippen LogP contribution in [0.2, 0.25) is 0 Å². The van der Waals surface area contributed by atoms with E-state index in [1.165, 1.54) is 7.11 Å². The highest BCUT2D eigenvalue weighted by atomic mass is 32.2. The van der Waals surface area contributed by atoms with E-state index in [0.717, 1.165) is 5.39 Å². The van der Waals surface area contributed by atoms with Crippen LogP contribution >= 0.6 is 0 Å². The van der Waals surface area contributed by atoms with E-state index in [1.54, 1.807) is 18.2 Å². The molecular formula is C17H21NO5S. The van der Waals surface area contributed by atoms with Crippen molar-refractivity contribution >= 4 is 20.8 Å². The molecule has 0 bridgehead atoms. The average Bonchev–Trinajstić information content (AvgIpc) is 2.60. The lowest BCUT2D eigenvalue weighted by atomic mass is 9.97. The molecule has 0 aromatic heterocycles. The van der Waals surface area contributed by atoms with E-state index in [4.69, 9.17) is 9.47 Å². The summed E-state index contributed by atoms with van der Waals surface area (Å²) in [5, 5.41) is 11.8. The van der Waals surface area contributed by atoms with E-state index in [1.807, 2.05) is 24.3 Å². The van der Waals surface area contributed by atoms with E-state index in [-0.39, 0.29) is 17.4 Å². The Hall–Kier alpha value is -1.51. The highest BCUT2D eigenvalue weighted by Gasteiger charge is 2.33. The summed E-state index contributed by atoms with van der Waals surface area (Å²) >= 11 is 0. The van der Waals surface area contributed by atoms with Crippen molar-refractivity contribution in [3.63, 3.8) is 0 Å². The molecule has 1 heterocycles. The second-order valence-electron chi connectivity index (χ2n) is 5.89. The lowest BCUT2D eigenvalue weighted by Gasteiger charge is -2.33. The summed E-state index contributed by atoms with van der Waals surface area (Å²) in [5.41, 5.74) is 0.